The Morgan fingerprint density at radius 1 is 1.00 bits per heavy atom. The molecule has 1 aliphatic heterocycles. The summed E-state index contributed by atoms with van der Waals surface area (Å²) in [5.41, 5.74) is 0.928. The molecule has 1 aromatic carbocycles. The summed E-state index contributed by atoms with van der Waals surface area (Å²) in [6.07, 6.45) is -5.77. The molecule has 7 heteroatoms. The molecule has 0 radical (unpaired) electrons. The van der Waals surface area contributed by atoms with Crippen molar-refractivity contribution in [2.75, 3.05) is 13.2 Å². The van der Waals surface area contributed by atoms with E-state index in [1.165, 1.54) is 0 Å². The number of ether oxygens (including phenoxy) is 2. The van der Waals surface area contributed by atoms with Crippen molar-refractivity contribution in [3.05, 3.63) is 29.8 Å². The molecule has 2 rings (SSSR count). The van der Waals surface area contributed by atoms with Crippen LogP contribution in [0.4, 0.5) is 0 Å². The number of aliphatic hydroxyl groups excluding tert-OH is 4. The average molecular weight is 300 g/mol. The fourth-order valence-corrected chi connectivity index (χ4v) is 2.16. The monoisotopic (exact) mass is 300 g/mol. The Bertz CT molecular complexity index is 433. The smallest absolute Gasteiger partial charge is 0.186 e. The number of benzene rings is 1. The highest BCUT2D eigenvalue weighted by Gasteiger charge is 2.43. The number of rotatable bonds is 5. The second kappa shape index (κ2) is 7.17. The van der Waals surface area contributed by atoms with Gasteiger partial charge in [0.25, 0.3) is 0 Å². The molecule has 5 N–H and O–H groups in total. The van der Waals surface area contributed by atoms with Crippen molar-refractivity contribution in [2.24, 2.45) is 0 Å². The molecule has 21 heavy (non-hydrogen) atoms. The zero-order valence-corrected chi connectivity index (χ0v) is 11.4. The van der Waals surface area contributed by atoms with Crippen LogP contribution in [0.3, 0.4) is 0 Å². The van der Waals surface area contributed by atoms with Crippen molar-refractivity contribution in [3.8, 4) is 5.75 Å². The molecule has 1 heterocycles. The summed E-state index contributed by atoms with van der Waals surface area (Å²) in [6.45, 7) is -0.268. The van der Waals surface area contributed by atoms with Crippen molar-refractivity contribution in [2.45, 2.75) is 37.1 Å². The van der Waals surface area contributed by atoms with Crippen LogP contribution >= 0.6 is 0 Å². The second-order valence-corrected chi connectivity index (χ2v) is 4.98. The molecule has 7 nitrogen and oxygen atoms in total. The van der Waals surface area contributed by atoms with Crippen molar-refractivity contribution in [1.82, 2.24) is 0 Å². The summed E-state index contributed by atoms with van der Waals surface area (Å²) >= 11 is 0. The van der Waals surface area contributed by atoms with Crippen molar-refractivity contribution >= 4 is 0 Å². The Hall–Kier alpha value is -1.22. The minimum Gasteiger partial charge on any atom is -0.508 e. The van der Waals surface area contributed by atoms with Crippen LogP contribution in [-0.2, 0) is 15.9 Å². The van der Waals surface area contributed by atoms with Gasteiger partial charge in [-0.15, -0.1) is 0 Å². The van der Waals surface area contributed by atoms with Gasteiger partial charge < -0.3 is 35.0 Å². The van der Waals surface area contributed by atoms with E-state index in [0.717, 1.165) is 5.56 Å². The van der Waals surface area contributed by atoms with E-state index >= 15 is 0 Å². The number of aromatic hydroxyl groups is 1. The normalized spacial score (nSPS) is 33.0. The summed E-state index contributed by atoms with van der Waals surface area (Å²) in [5, 5.41) is 47.3. The Kier molecular flexibility index (Phi) is 5.51. The first-order valence-electron chi connectivity index (χ1n) is 6.73. The Morgan fingerprint density at radius 2 is 1.67 bits per heavy atom. The number of phenolic OH excluding ortho intramolecular Hbond substituents is 1. The molecule has 0 bridgehead atoms. The average Bonchev–Trinajstić information content (AvgIpc) is 2.49. The van der Waals surface area contributed by atoms with Crippen LogP contribution in [0.5, 0.6) is 5.75 Å². The molecule has 118 valence electrons. The lowest BCUT2D eigenvalue weighted by atomic mass is 9.99. The van der Waals surface area contributed by atoms with Gasteiger partial charge in [-0.25, -0.2) is 0 Å². The quantitative estimate of drug-likeness (QED) is 0.461. The zero-order valence-electron chi connectivity index (χ0n) is 11.4. The molecule has 1 fully saturated rings. The third-order valence-electron chi connectivity index (χ3n) is 3.46. The molecule has 0 amide bonds. The first-order chi connectivity index (χ1) is 10.0. The van der Waals surface area contributed by atoms with Gasteiger partial charge in [0.05, 0.1) is 13.2 Å². The number of aliphatic hydroxyl groups is 4. The first-order valence-corrected chi connectivity index (χ1v) is 6.73. The minimum atomic E-state index is -1.44. The maximum Gasteiger partial charge on any atom is 0.186 e. The summed E-state index contributed by atoms with van der Waals surface area (Å²) < 4.78 is 10.6. The SMILES string of the molecule is OC[C@@H]1O[C@H](OCCc2ccc(O)cc2)[C@@H](O)[C@@H](O)[C@@H]1O. The van der Waals surface area contributed by atoms with E-state index in [4.69, 9.17) is 14.6 Å². The third kappa shape index (κ3) is 3.91. The topological polar surface area (TPSA) is 120 Å². The van der Waals surface area contributed by atoms with Crippen LogP contribution in [0, 0.1) is 0 Å². The van der Waals surface area contributed by atoms with Gasteiger partial charge in [-0.1, -0.05) is 12.1 Å². The predicted octanol–water partition coefficient (Wildman–Crippen LogP) is -1.25. The number of hydrogen-bond acceptors (Lipinski definition) is 7. The van der Waals surface area contributed by atoms with Gasteiger partial charge in [-0.3, -0.25) is 0 Å². The highest BCUT2D eigenvalue weighted by atomic mass is 16.7. The maximum absolute atomic E-state index is 9.78. The lowest BCUT2D eigenvalue weighted by Crippen LogP contribution is -2.59. The Labute approximate surface area is 122 Å². The Balaban J connectivity index is 1.85. The highest BCUT2D eigenvalue weighted by Crippen LogP contribution is 2.22. The van der Waals surface area contributed by atoms with Gasteiger partial charge in [0.2, 0.25) is 0 Å². The summed E-state index contributed by atoms with van der Waals surface area (Å²) in [5.74, 6) is 0.175. The van der Waals surface area contributed by atoms with E-state index in [1.807, 2.05) is 0 Å². The molecule has 0 aromatic heterocycles. The van der Waals surface area contributed by atoms with E-state index in [2.05, 4.69) is 0 Å². The molecule has 0 spiro atoms. The van der Waals surface area contributed by atoms with Gasteiger partial charge in [0.15, 0.2) is 6.29 Å². The van der Waals surface area contributed by atoms with Crippen LogP contribution in [0.15, 0.2) is 24.3 Å². The maximum atomic E-state index is 9.78. The largest absolute Gasteiger partial charge is 0.508 e. The van der Waals surface area contributed by atoms with Gasteiger partial charge in [0, 0.05) is 0 Å². The molecular weight excluding hydrogens is 280 g/mol. The van der Waals surface area contributed by atoms with E-state index in [-0.39, 0.29) is 12.4 Å². The lowest BCUT2D eigenvalue weighted by Gasteiger charge is -2.39. The molecular formula is C14H20O7. The van der Waals surface area contributed by atoms with Gasteiger partial charge >= 0.3 is 0 Å². The Morgan fingerprint density at radius 3 is 2.29 bits per heavy atom. The standard InChI is InChI=1S/C14H20O7/c15-7-10-11(17)12(18)13(19)14(21-10)20-6-5-8-1-3-9(16)4-2-8/h1-4,10-19H,5-7H2/t10-,11+,12-,13-,14-/m0/s1. The first kappa shape index (κ1) is 16.2. The molecule has 0 aliphatic carbocycles. The van der Waals surface area contributed by atoms with Crippen molar-refractivity contribution in [3.63, 3.8) is 0 Å². The molecule has 0 saturated carbocycles. The van der Waals surface area contributed by atoms with Crippen LogP contribution in [-0.4, -0.2) is 69.5 Å². The lowest BCUT2D eigenvalue weighted by molar-refractivity contribution is -0.300. The van der Waals surface area contributed by atoms with Crippen LogP contribution in [0.1, 0.15) is 5.56 Å². The second-order valence-electron chi connectivity index (χ2n) is 4.98. The zero-order chi connectivity index (χ0) is 15.4. The van der Waals surface area contributed by atoms with Gasteiger partial charge in [0.1, 0.15) is 30.2 Å². The predicted molar refractivity (Wildman–Crippen MR) is 71.5 cm³/mol. The van der Waals surface area contributed by atoms with Crippen molar-refractivity contribution in [1.29, 1.82) is 0 Å². The van der Waals surface area contributed by atoms with E-state index in [9.17, 15) is 20.4 Å². The van der Waals surface area contributed by atoms with E-state index in [0.29, 0.717) is 6.42 Å². The fraction of sp³-hybridized carbons (Fsp3) is 0.571. The minimum absolute atomic E-state index is 0.175. The summed E-state index contributed by atoms with van der Waals surface area (Å²) in [6, 6.07) is 6.60. The molecule has 0 unspecified atom stereocenters. The third-order valence-corrected chi connectivity index (χ3v) is 3.46. The molecule has 5 atom stereocenters. The summed E-state index contributed by atoms with van der Waals surface area (Å²) in [7, 11) is 0. The molecule has 1 aromatic rings. The summed E-state index contributed by atoms with van der Waals surface area (Å²) in [4.78, 5) is 0. The number of phenols is 1. The van der Waals surface area contributed by atoms with E-state index in [1.54, 1.807) is 24.3 Å². The molecule has 1 saturated heterocycles. The molecule has 1 aliphatic rings. The van der Waals surface area contributed by atoms with Crippen LogP contribution in [0.2, 0.25) is 0 Å². The number of hydrogen-bond donors (Lipinski definition) is 5. The van der Waals surface area contributed by atoms with Crippen molar-refractivity contribution < 1.29 is 35.0 Å². The highest BCUT2D eigenvalue weighted by molar-refractivity contribution is 5.25. The van der Waals surface area contributed by atoms with Gasteiger partial charge in [-0.2, -0.15) is 0 Å². The fourth-order valence-electron chi connectivity index (χ4n) is 2.16. The van der Waals surface area contributed by atoms with E-state index < -0.39 is 37.3 Å². The van der Waals surface area contributed by atoms with Crippen LogP contribution in [0.25, 0.3) is 0 Å². The van der Waals surface area contributed by atoms with Gasteiger partial charge in [-0.05, 0) is 24.1 Å². The van der Waals surface area contributed by atoms with Crippen LogP contribution < -0.4 is 0 Å².